The van der Waals surface area contributed by atoms with Gasteiger partial charge >= 0.3 is 0 Å². The maximum Gasteiger partial charge on any atom is 0.0847 e. The van der Waals surface area contributed by atoms with E-state index in [4.69, 9.17) is 0 Å². The molecule has 0 fully saturated rings. The first-order chi connectivity index (χ1) is 4.47. The summed E-state index contributed by atoms with van der Waals surface area (Å²) in [7, 11) is 0. The molecule has 2 aromatic rings. The van der Waals surface area contributed by atoms with Crippen LogP contribution in [0.2, 0.25) is 0 Å². The van der Waals surface area contributed by atoms with Crippen LogP contribution in [0.5, 0.6) is 0 Å². The minimum absolute atomic E-state index is 1.04. The van der Waals surface area contributed by atoms with Crippen molar-refractivity contribution in [2.45, 2.75) is 0 Å². The van der Waals surface area contributed by atoms with Crippen LogP contribution in [0.25, 0.3) is 10.9 Å². The molecule has 0 N–H and O–H groups in total. The van der Waals surface area contributed by atoms with Crippen molar-refractivity contribution in [3.8, 4) is 0 Å². The van der Waals surface area contributed by atoms with Gasteiger partial charge in [0.05, 0.1) is 10.9 Å². The average Bonchev–Trinajstić information content (AvgIpc) is 2.33. The van der Waals surface area contributed by atoms with E-state index < -0.39 is 0 Å². The van der Waals surface area contributed by atoms with Crippen molar-refractivity contribution < 1.29 is 0 Å². The van der Waals surface area contributed by atoms with Crippen LogP contribution in [0.15, 0.2) is 24.3 Å². The molecule has 9 heavy (non-hydrogen) atoms. The van der Waals surface area contributed by atoms with Gasteiger partial charge in [0.2, 0.25) is 0 Å². The van der Waals surface area contributed by atoms with Crippen molar-refractivity contribution in [2.24, 2.45) is 0 Å². The Kier molecular flexibility index (Phi) is 0.993. The quantitative estimate of drug-likeness (QED) is 0.537. The van der Waals surface area contributed by atoms with Crippen molar-refractivity contribution in [3.63, 3.8) is 0 Å². The van der Waals surface area contributed by atoms with Crippen LogP contribution in [-0.4, -0.2) is 4.37 Å². The Balaban J connectivity index is 2.95. The summed E-state index contributed by atoms with van der Waals surface area (Å²) < 4.78 is 4.10. The van der Waals surface area contributed by atoms with E-state index in [1.54, 1.807) is 0 Å². The van der Waals surface area contributed by atoms with Crippen LogP contribution < -0.4 is 0 Å². The van der Waals surface area contributed by atoms with Crippen molar-refractivity contribution in [1.82, 2.24) is 4.37 Å². The highest BCUT2D eigenvalue weighted by molar-refractivity contribution is 7.04. The predicted molar refractivity (Wildman–Crippen MR) is 38.5 cm³/mol. The molecule has 0 spiro atoms. The first-order valence-corrected chi connectivity index (χ1v) is 3.46. The summed E-state index contributed by atoms with van der Waals surface area (Å²) >= 11 is 1.38. The van der Waals surface area contributed by atoms with Gasteiger partial charge in [0.1, 0.15) is 0 Å². The van der Waals surface area contributed by atoms with E-state index in [1.165, 1.54) is 11.5 Å². The van der Waals surface area contributed by atoms with Crippen molar-refractivity contribution in [3.05, 3.63) is 29.6 Å². The number of aromatic nitrogens is 1. The molecule has 1 nitrogen and oxygen atoms in total. The van der Waals surface area contributed by atoms with Gasteiger partial charge in [-0.1, -0.05) is 18.2 Å². The van der Waals surface area contributed by atoms with Gasteiger partial charge in [-0.15, -0.1) is 0 Å². The largest absolute Gasteiger partial charge is 0.192 e. The monoisotopic (exact) mass is 134 g/mol. The van der Waals surface area contributed by atoms with Crippen LogP contribution in [0.4, 0.5) is 0 Å². The molecule has 0 aliphatic heterocycles. The lowest BCUT2D eigenvalue weighted by Gasteiger charge is -1.80. The molecule has 2 rings (SSSR count). The zero-order chi connectivity index (χ0) is 6.10. The second kappa shape index (κ2) is 1.81. The standard InChI is InChI=1S/C7H4NS/c1-2-4-7-6(3-1)5-9-8-7/h1-4H. The molecule has 0 amide bonds. The molecular formula is C7H4NS. The Labute approximate surface area is 57.1 Å². The minimum atomic E-state index is 1.04. The SMILES string of the molecule is [c]1snc2ccccc12. The molecule has 2 heteroatoms. The van der Waals surface area contributed by atoms with Gasteiger partial charge in [-0.3, -0.25) is 0 Å². The van der Waals surface area contributed by atoms with Gasteiger partial charge in [0.15, 0.2) is 0 Å². The summed E-state index contributed by atoms with van der Waals surface area (Å²) in [6.07, 6.45) is 0. The third-order valence-electron chi connectivity index (χ3n) is 1.20. The van der Waals surface area contributed by atoms with Gasteiger partial charge < -0.3 is 0 Å². The summed E-state index contributed by atoms with van der Waals surface area (Å²) in [5.74, 6) is 0. The molecule has 0 aliphatic rings. The van der Waals surface area contributed by atoms with Crippen LogP contribution >= 0.6 is 11.5 Å². The van der Waals surface area contributed by atoms with E-state index in [-0.39, 0.29) is 0 Å². The second-order valence-electron chi connectivity index (χ2n) is 1.80. The number of nitrogens with zero attached hydrogens (tertiary/aromatic N) is 1. The van der Waals surface area contributed by atoms with Crippen molar-refractivity contribution in [2.75, 3.05) is 0 Å². The summed E-state index contributed by atoms with van der Waals surface area (Å²) in [6, 6.07) is 7.98. The van der Waals surface area contributed by atoms with E-state index in [1.807, 2.05) is 24.3 Å². The molecule has 0 saturated heterocycles. The number of rotatable bonds is 0. The zero-order valence-corrected chi connectivity index (χ0v) is 5.48. The van der Waals surface area contributed by atoms with E-state index in [0.717, 1.165) is 10.9 Å². The number of hydrogen-bond acceptors (Lipinski definition) is 2. The average molecular weight is 134 g/mol. The molecule has 43 valence electrons. The maximum absolute atomic E-state index is 4.10. The first-order valence-electron chi connectivity index (χ1n) is 2.69. The van der Waals surface area contributed by atoms with Gasteiger partial charge in [0.25, 0.3) is 0 Å². The van der Waals surface area contributed by atoms with E-state index >= 15 is 0 Å². The third kappa shape index (κ3) is 0.715. The smallest absolute Gasteiger partial charge is 0.0847 e. The van der Waals surface area contributed by atoms with E-state index in [2.05, 4.69) is 9.75 Å². The third-order valence-corrected chi connectivity index (χ3v) is 1.80. The summed E-state index contributed by atoms with van der Waals surface area (Å²) in [4.78, 5) is 0. The lowest BCUT2D eigenvalue weighted by atomic mass is 10.3. The predicted octanol–water partition coefficient (Wildman–Crippen LogP) is 2.10. The lowest BCUT2D eigenvalue weighted by molar-refractivity contribution is 1.67. The Morgan fingerprint density at radius 3 is 3.11 bits per heavy atom. The van der Waals surface area contributed by atoms with Gasteiger partial charge in [-0.25, -0.2) is 0 Å². The highest BCUT2D eigenvalue weighted by Crippen LogP contribution is 2.11. The number of hydrogen-bond donors (Lipinski definition) is 0. The van der Waals surface area contributed by atoms with Gasteiger partial charge in [-0.05, 0) is 17.6 Å². The Hall–Kier alpha value is -0.890. The molecule has 1 aromatic carbocycles. The van der Waals surface area contributed by atoms with Gasteiger partial charge in [-0.2, -0.15) is 4.37 Å². The minimum Gasteiger partial charge on any atom is -0.192 e. The van der Waals surface area contributed by atoms with Crippen LogP contribution in [0.3, 0.4) is 0 Å². The van der Waals surface area contributed by atoms with Crippen molar-refractivity contribution >= 4 is 22.4 Å². The van der Waals surface area contributed by atoms with Crippen LogP contribution in [-0.2, 0) is 0 Å². The highest BCUT2D eigenvalue weighted by atomic mass is 32.1. The van der Waals surface area contributed by atoms with E-state index in [9.17, 15) is 0 Å². The molecule has 0 aliphatic carbocycles. The Bertz CT molecular complexity index is 283. The van der Waals surface area contributed by atoms with Crippen LogP contribution in [0.1, 0.15) is 0 Å². The Morgan fingerprint density at radius 2 is 2.22 bits per heavy atom. The fourth-order valence-corrected chi connectivity index (χ4v) is 1.33. The van der Waals surface area contributed by atoms with Crippen molar-refractivity contribution in [1.29, 1.82) is 0 Å². The summed E-state index contributed by atoms with van der Waals surface area (Å²) in [5, 5.41) is 4.16. The molecule has 1 aromatic heterocycles. The zero-order valence-electron chi connectivity index (χ0n) is 4.66. The summed E-state index contributed by atoms with van der Waals surface area (Å²) in [6.45, 7) is 0. The van der Waals surface area contributed by atoms with E-state index in [0.29, 0.717) is 0 Å². The summed E-state index contributed by atoms with van der Waals surface area (Å²) in [5.41, 5.74) is 1.04. The normalized spacial score (nSPS) is 10.2. The van der Waals surface area contributed by atoms with Gasteiger partial charge in [0, 0.05) is 5.39 Å². The second-order valence-corrected chi connectivity index (χ2v) is 2.37. The Morgan fingerprint density at radius 1 is 1.33 bits per heavy atom. The fraction of sp³-hybridized carbons (Fsp3) is 0. The molecule has 1 radical (unpaired) electrons. The van der Waals surface area contributed by atoms with Crippen LogP contribution in [0, 0.1) is 5.38 Å². The number of fused-ring (bicyclic) bond motifs is 1. The maximum atomic E-state index is 4.10. The first kappa shape index (κ1) is 4.94. The molecular weight excluding hydrogens is 130 g/mol. The molecule has 0 unspecified atom stereocenters. The number of benzene rings is 1. The lowest BCUT2D eigenvalue weighted by Crippen LogP contribution is -1.61. The molecule has 0 bridgehead atoms. The fourth-order valence-electron chi connectivity index (χ4n) is 0.761. The molecule has 0 atom stereocenters. The molecule has 1 heterocycles. The highest BCUT2D eigenvalue weighted by Gasteiger charge is 1.90. The topological polar surface area (TPSA) is 12.9 Å². The molecule has 0 saturated carbocycles.